The molecule has 0 unspecified atom stereocenters. The Kier molecular flexibility index (Phi) is 4.17. The fourth-order valence-electron chi connectivity index (χ4n) is 1.74. The summed E-state index contributed by atoms with van der Waals surface area (Å²) in [5.41, 5.74) is 0.477. The number of hydrogen-bond donors (Lipinski definition) is 1. The number of aryl methyl sites for hydroxylation is 1. The standard InChI is InChI=1S/C14H10N4O2S/c1-9-2-4-18(14(20)11(9)7-16)8-12(19)17-13-10(6-15)3-5-21-13/h2-5H,8H2,1H3,(H,17,19). The predicted molar refractivity (Wildman–Crippen MR) is 77.8 cm³/mol. The molecule has 0 aliphatic rings. The van der Waals surface area contributed by atoms with Crippen LogP contribution in [-0.2, 0) is 11.3 Å². The van der Waals surface area contributed by atoms with Crippen LogP contribution in [0.3, 0.4) is 0 Å². The Morgan fingerprint density at radius 3 is 2.81 bits per heavy atom. The largest absolute Gasteiger partial charge is 0.315 e. The topological polar surface area (TPSA) is 98.7 Å². The monoisotopic (exact) mass is 298 g/mol. The van der Waals surface area contributed by atoms with Crippen molar-refractivity contribution in [2.24, 2.45) is 0 Å². The Balaban J connectivity index is 2.20. The third kappa shape index (κ3) is 2.99. The van der Waals surface area contributed by atoms with E-state index in [1.165, 1.54) is 22.1 Å². The molecule has 0 aliphatic heterocycles. The molecule has 0 bridgehead atoms. The minimum absolute atomic E-state index is 0.0270. The van der Waals surface area contributed by atoms with Crippen LogP contribution in [0.15, 0.2) is 28.5 Å². The van der Waals surface area contributed by atoms with E-state index in [0.717, 1.165) is 0 Å². The van der Waals surface area contributed by atoms with Crippen LogP contribution in [-0.4, -0.2) is 10.5 Å². The van der Waals surface area contributed by atoms with Gasteiger partial charge in [0.1, 0.15) is 29.2 Å². The summed E-state index contributed by atoms with van der Waals surface area (Å²) in [4.78, 5) is 23.9. The quantitative estimate of drug-likeness (QED) is 0.930. The van der Waals surface area contributed by atoms with Gasteiger partial charge in [-0.25, -0.2) is 0 Å². The summed E-state index contributed by atoms with van der Waals surface area (Å²) in [5.74, 6) is -0.427. The van der Waals surface area contributed by atoms with Crippen LogP contribution in [0.25, 0.3) is 0 Å². The molecule has 0 fully saturated rings. The fourth-order valence-corrected chi connectivity index (χ4v) is 2.49. The van der Waals surface area contributed by atoms with Crippen LogP contribution >= 0.6 is 11.3 Å². The zero-order valence-corrected chi connectivity index (χ0v) is 11.9. The Labute approximate surface area is 124 Å². The summed E-state index contributed by atoms with van der Waals surface area (Å²) in [6.45, 7) is 1.45. The molecule has 0 saturated heterocycles. The highest BCUT2D eigenvalue weighted by Crippen LogP contribution is 2.21. The number of thiophene rings is 1. The van der Waals surface area contributed by atoms with Crippen LogP contribution in [0, 0.1) is 29.6 Å². The summed E-state index contributed by atoms with van der Waals surface area (Å²) in [7, 11) is 0. The molecule has 104 valence electrons. The van der Waals surface area contributed by atoms with E-state index in [-0.39, 0.29) is 12.1 Å². The van der Waals surface area contributed by atoms with E-state index in [2.05, 4.69) is 5.32 Å². The number of aromatic nitrogens is 1. The van der Waals surface area contributed by atoms with Crippen molar-refractivity contribution in [3.63, 3.8) is 0 Å². The first-order valence-electron chi connectivity index (χ1n) is 5.94. The highest BCUT2D eigenvalue weighted by Gasteiger charge is 2.12. The van der Waals surface area contributed by atoms with E-state index in [9.17, 15) is 9.59 Å². The predicted octanol–water partition coefficient (Wildman–Crippen LogP) is 1.60. The SMILES string of the molecule is Cc1ccn(CC(=O)Nc2sccc2C#N)c(=O)c1C#N. The number of carbonyl (C=O) groups is 1. The summed E-state index contributed by atoms with van der Waals surface area (Å²) in [5, 5.41) is 22.5. The number of nitrogens with zero attached hydrogens (tertiary/aromatic N) is 3. The van der Waals surface area contributed by atoms with Crippen molar-refractivity contribution in [3.05, 3.63) is 50.8 Å². The first-order valence-corrected chi connectivity index (χ1v) is 6.82. The Morgan fingerprint density at radius 1 is 1.38 bits per heavy atom. The van der Waals surface area contributed by atoms with Crippen LogP contribution in [0.5, 0.6) is 0 Å². The van der Waals surface area contributed by atoms with Gasteiger partial charge < -0.3 is 9.88 Å². The minimum Gasteiger partial charge on any atom is -0.315 e. The molecule has 0 radical (unpaired) electrons. The maximum Gasteiger partial charge on any atom is 0.269 e. The Bertz CT molecular complexity index is 836. The van der Waals surface area contributed by atoms with Gasteiger partial charge in [-0.15, -0.1) is 11.3 Å². The van der Waals surface area contributed by atoms with Crippen molar-refractivity contribution < 1.29 is 4.79 Å². The molecular formula is C14H10N4O2S. The van der Waals surface area contributed by atoms with Gasteiger partial charge in [0.2, 0.25) is 5.91 Å². The van der Waals surface area contributed by atoms with Crippen molar-refractivity contribution in [1.29, 1.82) is 10.5 Å². The average Bonchev–Trinajstić information content (AvgIpc) is 2.89. The lowest BCUT2D eigenvalue weighted by Gasteiger charge is -2.07. The lowest BCUT2D eigenvalue weighted by Crippen LogP contribution is -2.29. The van der Waals surface area contributed by atoms with Gasteiger partial charge in [-0.3, -0.25) is 9.59 Å². The summed E-state index contributed by atoms with van der Waals surface area (Å²) < 4.78 is 1.17. The van der Waals surface area contributed by atoms with Gasteiger partial charge in [-0.05, 0) is 30.0 Å². The highest BCUT2D eigenvalue weighted by atomic mass is 32.1. The molecular weight excluding hydrogens is 288 g/mol. The van der Waals surface area contributed by atoms with E-state index >= 15 is 0 Å². The minimum atomic E-state index is -0.501. The van der Waals surface area contributed by atoms with Crippen molar-refractivity contribution in [2.75, 3.05) is 5.32 Å². The molecule has 1 amide bonds. The smallest absolute Gasteiger partial charge is 0.269 e. The van der Waals surface area contributed by atoms with Crippen molar-refractivity contribution in [3.8, 4) is 12.1 Å². The maximum absolute atomic E-state index is 12.0. The van der Waals surface area contributed by atoms with Gasteiger partial charge in [-0.2, -0.15) is 10.5 Å². The molecule has 2 aromatic rings. The first-order chi connectivity index (χ1) is 10.1. The van der Waals surface area contributed by atoms with Gasteiger partial charge in [-0.1, -0.05) is 0 Å². The molecule has 0 aromatic carbocycles. The van der Waals surface area contributed by atoms with E-state index in [1.54, 1.807) is 24.4 Å². The Morgan fingerprint density at radius 2 is 2.14 bits per heavy atom. The molecule has 7 heteroatoms. The van der Waals surface area contributed by atoms with Gasteiger partial charge in [0, 0.05) is 6.20 Å². The van der Waals surface area contributed by atoms with E-state index in [1.807, 2.05) is 12.1 Å². The molecule has 21 heavy (non-hydrogen) atoms. The lowest BCUT2D eigenvalue weighted by atomic mass is 10.2. The second-order valence-electron chi connectivity index (χ2n) is 4.24. The molecule has 2 rings (SSSR count). The van der Waals surface area contributed by atoms with Gasteiger partial charge >= 0.3 is 0 Å². The summed E-state index contributed by atoms with van der Waals surface area (Å²) in [6, 6.07) is 7.01. The first kappa shape index (κ1) is 14.5. The van der Waals surface area contributed by atoms with Crippen LogP contribution in [0.1, 0.15) is 16.7 Å². The molecule has 0 saturated carbocycles. The zero-order valence-electron chi connectivity index (χ0n) is 11.1. The summed E-state index contributed by atoms with van der Waals surface area (Å²) in [6.07, 6.45) is 1.47. The second kappa shape index (κ2) is 6.04. The van der Waals surface area contributed by atoms with Crippen LogP contribution in [0.4, 0.5) is 5.00 Å². The molecule has 0 spiro atoms. The number of anilines is 1. The number of nitrogens with one attached hydrogen (secondary N) is 1. The third-order valence-electron chi connectivity index (χ3n) is 2.84. The number of carbonyl (C=O) groups excluding carboxylic acids is 1. The van der Waals surface area contributed by atoms with Crippen molar-refractivity contribution in [2.45, 2.75) is 13.5 Å². The summed E-state index contributed by atoms with van der Waals surface area (Å²) >= 11 is 1.23. The molecule has 2 heterocycles. The normalized spacial score (nSPS) is 9.67. The van der Waals surface area contributed by atoms with E-state index in [4.69, 9.17) is 10.5 Å². The molecule has 0 aliphatic carbocycles. The fraction of sp³-hybridized carbons (Fsp3) is 0.143. The lowest BCUT2D eigenvalue weighted by molar-refractivity contribution is -0.116. The number of pyridine rings is 1. The number of nitriles is 2. The number of amides is 1. The number of rotatable bonds is 3. The van der Waals surface area contributed by atoms with Crippen LogP contribution < -0.4 is 10.9 Å². The molecule has 0 atom stereocenters. The van der Waals surface area contributed by atoms with Gasteiger partial charge in [0.15, 0.2) is 0 Å². The second-order valence-corrected chi connectivity index (χ2v) is 5.16. The van der Waals surface area contributed by atoms with Crippen LogP contribution in [0.2, 0.25) is 0 Å². The van der Waals surface area contributed by atoms with E-state index in [0.29, 0.717) is 16.1 Å². The van der Waals surface area contributed by atoms with E-state index < -0.39 is 11.5 Å². The van der Waals surface area contributed by atoms with Gasteiger partial charge in [0.25, 0.3) is 5.56 Å². The molecule has 6 nitrogen and oxygen atoms in total. The molecule has 2 aromatic heterocycles. The number of hydrogen-bond acceptors (Lipinski definition) is 5. The zero-order chi connectivity index (χ0) is 15.4. The average molecular weight is 298 g/mol. The highest BCUT2D eigenvalue weighted by molar-refractivity contribution is 7.14. The Hall–Kier alpha value is -2.90. The third-order valence-corrected chi connectivity index (χ3v) is 3.67. The van der Waals surface area contributed by atoms with Crippen molar-refractivity contribution in [1.82, 2.24) is 4.57 Å². The van der Waals surface area contributed by atoms with Gasteiger partial charge in [0.05, 0.1) is 5.56 Å². The van der Waals surface area contributed by atoms with Crippen molar-refractivity contribution >= 4 is 22.2 Å². The molecule has 1 N–H and O–H groups in total. The maximum atomic E-state index is 12.0.